The molecule has 1 amide bonds. The first-order valence-electron chi connectivity index (χ1n) is 9.45. The summed E-state index contributed by atoms with van der Waals surface area (Å²) < 4.78 is 11.0. The molecule has 5 heteroatoms. The Morgan fingerprint density at radius 2 is 1.85 bits per heavy atom. The first kappa shape index (κ1) is 19.2. The molecule has 1 N–H and O–H groups in total. The van der Waals surface area contributed by atoms with Gasteiger partial charge in [-0.1, -0.05) is 12.1 Å². The smallest absolute Gasteiger partial charge is 0.228 e. The van der Waals surface area contributed by atoms with Crippen molar-refractivity contribution in [3.63, 3.8) is 0 Å². The third-order valence-corrected chi connectivity index (χ3v) is 4.71. The van der Waals surface area contributed by atoms with Crippen LogP contribution < -0.4 is 15.0 Å². The standard InChI is InChI=1S/C22H28N2O3/c1-4-27-20-11-5-17(6-12-20)15-21(25)23-18-7-9-19(10-8-18)24-13-14-26-16-22(24,2)3/h5-12H,4,13-16H2,1-3H3,(H,23,25). The molecule has 0 saturated carbocycles. The van der Waals surface area contributed by atoms with Crippen molar-refractivity contribution in [2.45, 2.75) is 32.7 Å². The summed E-state index contributed by atoms with van der Waals surface area (Å²) in [6, 6.07) is 15.7. The van der Waals surface area contributed by atoms with E-state index in [1.807, 2.05) is 43.3 Å². The van der Waals surface area contributed by atoms with Gasteiger partial charge in [-0.15, -0.1) is 0 Å². The summed E-state index contributed by atoms with van der Waals surface area (Å²) in [6.07, 6.45) is 0.338. The lowest BCUT2D eigenvalue weighted by molar-refractivity contribution is -0.115. The summed E-state index contributed by atoms with van der Waals surface area (Å²) in [4.78, 5) is 14.7. The lowest BCUT2D eigenvalue weighted by Crippen LogP contribution is -2.53. The maximum Gasteiger partial charge on any atom is 0.228 e. The maximum atomic E-state index is 12.3. The molecule has 0 bridgehead atoms. The van der Waals surface area contributed by atoms with Gasteiger partial charge in [0.2, 0.25) is 5.91 Å². The monoisotopic (exact) mass is 368 g/mol. The number of carbonyl (C=O) groups is 1. The summed E-state index contributed by atoms with van der Waals surface area (Å²) in [5.74, 6) is 0.793. The van der Waals surface area contributed by atoms with E-state index in [9.17, 15) is 4.79 Å². The van der Waals surface area contributed by atoms with Crippen LogP contribution in [-0.4, -0.2) is 37.8 Å². The van der Waals surface area contributed by atoms with Gasteiger partial charge in [-0.25, -0.2) is 0 Å². The van der Waals surface area contributed by atoms with Crippen LogP contribution in [0.15, 0.2) is 48.5 Å². The molecule has 0 aliphatic carbocycles. The fourth-order valence-corrected chi connectivity index (χ4v) is 3.32. The molecule has 2 aromatic rings. The van der Waals surface area contributed by atoms with Gasteiger partial charge in [-0.2, -0.15) is 0 Å². The zero-order valence-corrected chi connectivity index (χ0v) is 16.3. The topological polar surface area (TPSA) is 50.8 Å². The van der Waals surface area contributed by atoms with E-state index in [1.54, 1.807) is 0 Å². The average Bonchev–Trinajstić information content (AvgIpc) is 2.64. The third-order valence-electron chi connectivity index (χ3n) is 4.71. The van der Waals surface area contributed by atoms with Crippen LogP contribution in [0.2, 0.25) is 0 Å². The summed E-state index contributed by atoms with van der Waals surface area (Å²) in [6.45, 7) is 9.27. The number of rotatable bonds is 6. The van der Waals surface area contributed by atoms with E-state index in [0.717, 1.165) is 35.8 Å². The van der Waals surface area contributed by atoms with Crippen LogP contribution in [0.3, 0.4) is 0 Å². The Morgan fingerprint density at radius 3 is 2.48 bits per heavy atom. The number of ether oxygens (including phenoxy) is 2. The van der Waals surface area contributed by atoms with E-state index in [-0.39, 0.29) is 11.4 Å². The second-order valence-corrected chi connectivity index (χ2v) is 7.37. The zero-order chi connectivity index (χ0) is 19.3. The highest BCUT2D eigenvalue weighted by Gasteiger charge is 2.30. The van der Waals surface area contributed by atoms with Gasteiger partial charge in [0.15, 0.2) is 0 Å². The number of nitrogens with zero attached hydrogens (tertiary/aromatic N) is 1. The largest absolute Gasteiger partial charge is 0.494 e. The summed E-state index contributed by atoms with van der Waals surface area (Å²) in [7, 11) is 0. The molecule has 27 heavy (non-hydrogen) atoms. The van der Waals surface area contributed by atoms with E-state index in [1.165, 1.54) is 0 Å². The van der Waals surface area contributed by atoms with Crippen molar-refractivity contribution in [2.75, 3.05) is 36.6 Å². The van der Waals surface area contributed by atoms with E-state index in [2.05, 4.69) is 36.2 Å². The van der Waals surface area contributed by atoms with E-state index >= 15 is 0 Å². The van der Waals surface area contributed by atoms with Crippen molar-refractivity contribution in [3.05, 3.63) is 54.1 Å². The second-order valence-electron chi connectivity index (χ2n) is 7.37. The molecular formula is C22H28N2O3. The zero-order valence-electron chi connectivity index (χ0n) is 16.3. The van der Waals surface area contributed by atoms with Crippen molar-refractivity contribution in [1.82, 2.24) is 0 Å². The van der Waals surface area contributed by atoms with Crippen LogP contribution in [-0.2, 0) is 16.0 Å². The molecule has 0 atom stereocenters. The van der Waals surface area contributed by atoms with E-state index in [4.69, 9.17) is 9.47 Å². The molecule has 1 fully saturated rings. The molecule has 3 rings (SSSR count). The van der Waals surface area contributed by atoms with Crippen molar-refractivity contribution in [3.8, 4) is 5.75 Å². The normalized spacial score (nSPS) is 16.0. The fourth-order valence-electron chi connectivity index (χ4n) is 3.32. The Hall–Kier alpha value is -2.53. The minimum atomic E-state index is -0.0311. The summed E-state index contributed by atoms with van der Waals surface area (Å²) in [5, 5.41) is 2.97. The number of nitrogens with one attached hydrogen (secondary N) is 1. The predicted molar refractivity (Wildman–Crippen MR) is 109 cm³/mol. The van der Waals surface area contributed by atoms with Crippen LogP contribution in [0, 0.1) is 0 Å². The van der Waals surface area contributed by atoms with Crippen molar-refractivity contribution in [2.24, 2.45) is 0 Å². The van der Waals surface area contributed by atoms with Crippen molar-refractivity contribution >= 4 is 17.3 Å². The Morgan fingerprint density at radius 1 is 1.15 bits per heavy atom. The number of carbonyl (C=O) groups excluding carboxylic acids is 1. The predicted octanol–water partition coefficient (Wildman–Crippen LogP) is 3.88. The molecule has 1 aliphatic rings. The molecule has 0 unspecified atom stereocenters. The number of amides is 1. The van der Waals surface area contributed by atoms with Gasteiger partial charge >= 0.3 is 0 Å². The molecule has 2 aromatic carbocycles. The first-order chi connectivity index (χ1) is 13.0. The average molecular weight is 368 g/mol. The highest BCUT2D eigenvalue weighted by atomic mass is 16.5. The summed E-state index contributed by atoms with van der Waals surface area (Å²) in [5.41, 5.74) is 2.88. The molecule has 1 saturated heterocycles. The highest BCUT2D eigenvalue weighted by molar-refractivity contribution is 5.92. The van der Waals surface area contributed by atoms with Crippen LogP contribution in [0.25, 0.3) is 0 Å². The molecule has 144 valence electrons. The molecule has 0 spiro atoms. The van der Waals surface area contributed by atoms with Gasteiger partial charge < -0.3 is 19.7 Å². The number of anilines is 2. The Balaban J connectivity index is 1.58. The minimum Gasteiger partial charge on any atom is -0.494 e. The van der Waals surface area contributed by atoms with Crippen molar-refractivity contribution in [1.29, 1.82) is 0 Å². The number of hydrogen-bond donors (Lipinski definition) is 1. The molecule has 0 aromatic heterocycles. The van der Waals surface area contributed by atoms with Crippen LogP contribution >= 0.6 is 0 Å². The van der Waals surface area contributed by atoms with Gasteiger partial charge in [0.1, 0.15) is 5.75 Å². The minimum absolute atomic E-state index is 0.0291. The maximum absolute atomic E-state index is 12.3. The quantitative estimate of drug-likeness (QED) is 0.841. The lowest BCUT2D eigenvalue weighted by Gasteiger charge is -2.43. The highest BCUT2D eigenvalue weighted by Crippen LogP contribution is 2.28. The van der Waals surface area contributed by atoms with Crippen LogP contribution in [0.4, 0.5) is 11.4 Å². The van der Waals surface area contributed by atoms with Gasteiger partial charge in [-0.05, 0) is 62.7 Å². The lowest BCUT2D eigenvalue weighted by atomic mass is 10.0. The van der Waals surface area contributed by atoms with E-state index < -0.39 is 0 Å². The van der Waals surface area contributed by atoms with Crippen molar-refractivity contribution < 1.29 is 14.3 Å². The second kappa shape index (κ2) is 8.44. The molecule has 1 heterocycles. The molecular weight excluding hydrogens is 340 g/mol. The van der Waals surface area contributed by atoms with E-state index in [0.29, 0.717) is 19.6 Å². The van der Waals surface area contributed by atoms with Crippen LogP contribution in [0.1, 0.15) is 26.3 Å². The van der Waals surface area contributed by atoms with Gasteiger partial charge in [0.05, 0.1) is 31.8 Å². The van der Waals surface area contributed by atoms with Crippen LogP contribution in [0.5, 0.6) is 5.75 Å². The van der Waals surface area contributed by atoms with Gasteiger partial charge in [0, 0.05) is 17.9 Å². The molecule has 0 radical (unpaired) electrons. The molecule has 5 nitrogen and oxygen atoms in total. The van der Waals surface area contributed by atoms with Gasteiger partial charge in [-0.3, -0.25) is 4.79 Å². The van der Waals surface area contributed by atoms with Gasteiger partial charge in [0.25, 0.3) is 0 Å². The number of hydrogen-bond acceptors (Lipinski definition) is 4. The number of benzene rings is 2. The Kier molecular flexibility index (Phi) is 6.01. The Bertz CT molecular complexity index is 754. The fraction of sp³-hybridized carbons (Fsp3) is 0.409. The third kappa shape index (κ3) is 5.01. The SMILES string of the molecule is CCOc1ccc(CC(=O)Nc2ccc(N3CCOCC3(C)C)cc2)cc1. The first-order valence-corrected chi connectivity index (χ1v) is 9.45. The number of morpholine rings is 1. The summed E-state index contributed by atoms with van der Waals surface area (Å²) >= 11 is 0. The Labute approximate surface area is 161 Å². The molecule has 1 aliphatic heterocycles.